The molecule has 0 fully saturated rings. The molecule has 5 heteroatoms. The van der Waals surface area contributed by atoms with Crippen LogP contribution in [0.15, 0.2) is 54.6 Å². The summed E-state index contributed by atoms with van der Waals surface area (Å²) in [5, 5.41) is 11.1. The van der Waals surface area contributed by atoms with Crippen molar-refractivity contribution in [3.8, 4) is 0 Å². The Morgan fingerprint density at radius 3 is 2.14 bits per heavy atom. The van der Waals surface area contributed by atoms with E-state index in [0.717, 1.165) is 4.90 Å². The third kappa shape index (κ3) is 3.25. The SMILES string of the molecule is C[C@H](C(=O)[O-])N(C(=O)c1ccccc1)c1ccc(F)cc1. The lowest BCUT2D eigenvalue weighted by atomic mass is 10.1. The Morgan fingerprint density at radius 2 is 1.62 bits per heavy atom. The zero-order chi connectivity index (χ0) is 15.4. The Hall–Kier alpha value is -2.69. The first-order valence-electron chi connectivity index (χ1n) is 6.35. The molecule has 0 saturated carbocycles. The van der Waals surface area contributed by atoms with Crippen LogP contribution in [0.25, 0.3) is 0 Å². The highest BCUT2D eigenvalue weighted by Crippen LogP contribution is 2.20. The molecule has 2 aromatic carbocycles. The molecule has 4 nitrogen and oxygen atoms in total. The van der Waals surface area contributed by atoms with Gasteiger partial charge in [-0.2, -0.15) is 0 Å². The molecule has 0 aliphatic rings. The summed E-state index contributed by atoms with van der Waals surface area (Å²) < 4.78 is 13.0. The van der Waals surface area contributed by atoms with E-state index in [1.165, 1.54) is 31.2 Å². The van der Waals surface area contributed by atoms with Crippen LogP contribution >= 0.6 is 0 Å². The maximum absolute atomic E-state index is 13.0. The first-order valence-corrected chi connectivity index (χ1v) is 6.35. The molecule has 21 heavy (non-hydrogen) atoms. The van der Waals surface area contributed by atoms with Crippen LogP contribution < -0.4 is 10.0 Å². The van der Waals surface area contributed by atoms with Crippen LogP contribution in [-0.4, -0.2) is 17.9 Å². The zero-order valence-corrected chi connectivity index (χ0v) is 11.3. The van der Waals surface area contributed by atoms with Gasteiger partial charge in [-0.3, -0.25) is 9.69 Å². The molecular formula is C16H13FNO3-. The minimum Gasteiger partial charge on any atom is -0.548 e. The normalized spacial score (nSPS) is 11.7. The Labute approximate surface area is 121 Å². The van der Waals surface area contributed by atoms with E-state index in [9.17, 15) is 19.1 Å². The largest absolute Gasteiger partial charge is 0.548 e. The van der Waals surface area contributed by atoms with Crippen LogP contribution in [0.2, 0.25) is 0 Å². The Bertz CT molecular complexity index is 640. The molecule has 0 aliphatic heterocycles. The number of nitrogens with zero attached hydrogens (tertiary/aromatic N) is 1. The van der Waals surface area contributed by atoms with Crippen molar-refractivity contribution in [3.63, 3.8) is 0 Å². The molecule has 0 unspecified atom stereocenters. The van der Waals surface area contributed by atoms with E-state index in [-0.39, 0.29) is 0 Å². The quantitative estimate of drug-likeness (QED) is 0.858. The molecule has 1 atom stereocenters. The van der Waals surface area contributed by atoms with Gasteiger partial charge < -0.3 is 9.90 Å². The van der Waals surface area contributed by atoms with Gasteiger partial charge in [0.25, 0.3) is 5.91 Å². The molecule has 1 amide bonds. The fourth-order valence-electron chi connectivity index (χ4n) is 1.94. The Kier molecular flexibility index (Phi) is 4.33. The highest BCUT2D eigenvalue weighted by atomic mass is 19.1. The van der Waals surface area contributed by atoms with Crippen LogP contribution in [0.1, 0.15) is 17.3 Å². The predicted molar refractivity (Wildman–Crippen MR) is 74.1 cm³/mol. The monoisotopic (exact) mass is 286 g/mol. The molecule has 0 N–H and O–H groups in total. The van der Waals surface area contributed by atoms with Gasteiger partial charge in [0.1, 0.15) is 5.82 Å². The molecule has 0 bridgehead atoms. The summed E-state index contributed by atoms with van der Waals surface area (Å²) in [6.07, 6.45) is 0. The number of hydrogen-bond donors (Lipinski definition) is 0. The number of rotatable bonds is 4. The molecule has 0 saturated heterocycles. The molecule has 0 spiro atoms. The zero-order valence-electron chi connectivity index (χ0n) is 11.3. The van der Waals surface area contributed by atoms with Gasteiger partial charge in [-0.05, 0) is 43.3 Å². The third-order valence-electron chi connectivity index (χ3n) is 3.07. The van der Waals surface area contributed by atoms with Crippen LogP contribution in [0.5, 0.6) is 0 Å². The second-order valence-electron chi connectivity index (χ2n) is 4.51. The maximum atomic E-state index is 13.0. The predicted octanol–water partition coefficient (Wildman–Crippen LogP) is 1.61. The summed E-state index contributed by atoms with van der Waals surface area (Å²) in [6.45, 7) is 1.35. The number of benzene rings is 2. The fraction of sp³-hybridized carbons (Fsp3) is 0.125. The van der Waals surface area contributed by atoms with Crippen LogP contribution in [-0.2, 0) is 4.79 Å². The van der Waals surface area contributed by atoms with Gasteiger partial charge in [-0.1, -0.05) is 18.2 Å². The minimum absolute atomic E-state index is 0.293. The van der Waals surface area contributed by atoms with Crippen molar-refractivity contribution in [2.24, 2.45) is 0 Å². The molecular weight excluding hydrogens is 273 g/mol. The first-order chi connectivity index (χ1) is 10.0. The summed E-state index contributed by atoms with van der Waals surface area (Å²) in [6, 6.07) is 12.2. The smallest absolute Gasteiger partial charge is 0.258 e. The second kappa shape index (κ2) is 6.17. The van der Waals surface area contributed by atoms with Crippen molar-refractivity contribution in [3.05, 3.63) is 66.0 Å². The summed E-state index contributed by atoms with van der Waals surface area (Å²) in [5.41, 5.74) is 0.636. The molecule has 0 radical (unpaired) electrons. The topological polar surface area (TPSA) is 60.4 Å². The van der Waals surface area contributed by atoms with Crippen molar-refractivity contribution >= 4 is 17.6 Å². The number of carboxylic acid groups (broad SMARTS) is 1. The van der Waals surface area contributed by atoms with E-state index in [0.29, 0.717) is 11.3 Å². The fourth-order valence-corrected chi connectivity index (χ4v) is 1.94. The highest BCUT2D eigenvalue weighted by molar-refractivity contribution is 6.08. The number of hydrogen-bond acceptors (Lipinski definition) is 3. The van der Waals surface area contributed by atoms with Gasteiger partial charge in [0, 0.05) is 11.3 Å². The van der Waals surface area contributed by atoms with Gasteiger partial charge in [-0.15, -0.1) is 0 Å². The first kappa shape index (κ1) is 14.7. The van der Waals surface area contributed by atoms with Crippen LogP contribution in [0, 0.1) is 5.82 Å². The number of anilines is 1. The summed E-state index contributed by atoms with van der Waals surface area (Å²) >= 11 is 0. The Balaban J connectivity index is 2.44. The van der Waals surface area contributed by atoms with Crippen molar-refractivity contribution in [2.75, 3.05) is 4.90 Å². The number of amides is 1. The van der Waals surface area contributed by atoms with Crippen molar-refractivity contribution in [1.82, 2.24) is 0 Å². The number of aliphatic carboxylic acids is 1. The summed E-state index contributed by atoms with van der Waals surface area (Å²) in [5.74, 6) is -2.34. The average Bonchev–Trinajstić information content (AvgIpc) is 2.50. The summed E-state index contributed by atoms with van der Waals surface area (Å²) in [4.78, 5) is 24.7. The third-order valence-corrected chi connectivity index (χ3v) is 3.07. The average molecular weight is 286 g/mol. The van der Waals surface area contributed by atoms with Crippen molar-refractivity contribution in [2.45, 2.75) is 13.0 Å². The van der Waals surface area contributed by atoms with Crippen molar-refractivity contribution < 1.29 is 19.1 Å². The molecule has 0 heterocycles. The molecule has 108 valence electrons. The highest BCUT2D eigenvalue weighted by Gasteiger charge is 2.24. The minimum atomic E-state index is -1.39. The van der Waals surface area contributed by atoms with Gasteiger partial charge in [0.15, 0.2) is 0 Å². The number of carboxylic acids is 1. The van der Waals surface area contributed by atoms with Gasteiger partial charge in [0.2, 0.25) is 0 Å². The van der Waals surface area contributed by atoms with Gasteiger partial charge in [0.05, 0.1) is 12.0 Å². The van der Waals surface area contributed by atoms with E-state index < -0.39 is 23.7 Å². The van der Waals surface area contributed by atoms with E-state index in [1.807, 2.05) is 0 Å². The molecule has 2 aromatic rings. The maximum Gasteiger partial charge on any atom is 0.258 e. The molecule has 0 aromatic heterocycles. The van der Waals surface area contributed by atoms with Crippen LogP contribution in [0.3, 0.4) is 0 Å². The standard InChI is InChI=1S/C16H14FNO3/c1-11(16(20)21)18(14-9-7-13(17)8-10-14)15(19)12-5-3-2-4-6-12/h2-11H,1H3,(H,20,21)/p-1/t11-/m1/s1. The number of carbonyl (C=O) groups is 2. The molecule has 2 rings (SSSR count). The van der Waals surface area contributed by atoms with Gasteiger partial charge in [-0.25, -0.2) is 4.39 Å². The number of carbonyl (C=O) groups excluding carboxylic acids is 2. The van der Waals surface area contributed by atoms with E-state index in [1.54, 1.807) is 30.3 Å². The van der Waals surface area contributed by atoms with Crippen molar-refractivity contribution in [1.29, 1.82) is 0 Å². The lowest BCUT2D eigenvalue weighted by Gasteiger charge is -2.30. The second-order valence-corrected chi connectivity index (χ2v) is 4.51. The van der Waals surface area contributed by atoms with E-state index >= 15 is 0 Å². The lowest BCUT2D eigenvalue weighted by molar-refractivity contribution is -0.306. The van der Waals surface area contributed by atoms with Crippen LogP contribution in [0.4, 0.5) is 10.1 Å². The van der Waals surface area contributed by atoms with E-state index in [4.69, 9.17) is 0 Å². The Morgan fingerprint density at radius 1 is 1.05 bits per heavy atom. The van der Waals surface area contributed by atoms with Gasteiger partial charge >= 0.3 is 0 Å². The lowest BCUT2D eigenvalue weighted by Crippen LogP contribution is -2.49. The van der Waals surface area contributed by atoms with E-state index in [2.05, 4.69) is 0 Å². The summed E-state index contributed by atoms with van der Waals surface area (Å²) in [7, 11) is 0. The number of halogens is 1. The molecule has 0 aliphatic carbocycles.